The molecular weight excluding hydrogens is 282 g/mol. The molecule has 0 bridgehead atoms. The lowest BCUT2D eigenvalue weighted by atomic mass is 10.1. The number of hydrogen-bond acceptors (Lipinski definition) is 3. The van der Waals surface area contributed by atoms with Gasteiger partial charge in [-0.3, -0.25) is 4.90 Å². The normalized spacial score (nSPS) is 20.6. The number of anilines is 1. The molecule has 0 atom stereocenters. The Balaban J connectivity index is 1.62. The SMILES string of the molecule is C[C](C)CN1CCN(Cc2cc(C)ccc2N2CCCC2)CC1. The minimum Gasteiger partial charge on any atom is -0.371 e. The zero-order chi connectivity index (χ0) is 16.2. The Bertz CT molecular complexity index is 498. The second-order valence-electron chi connectivity index (χ2n) is 7.59. The molecule has 23 heavy (non-hydrogen) atoms. The van der Waals surface area contributed by atoms with Crippen LogP contribution >= 0.6 is 0 Å². The molecule has 0 spiro atoms. The third-order valence-corrected chi connectivity index (χ3v) is 5.08. The zero-order valence-electron chi connectivity index (χ0n) is 15.1. The van der Waals surface area contributed by atoms with E-state index in [1.165, 1.54) is 74.8 Å². The standard InChI is InChI=1S/C20H32N3/c1-17(2)15-21-10-12-22(13-11-21)16-19-14-18(3)6-7-20(19)23-8-4-5-9-23/h6-7,14H,4-5,8-13,15-16H2,1-3H3. The fourth-order valence-electron chi connectivity index (χ4n) is 3.90. The molecule has 3 nitrogen and oxygen atoms in total. The number of aryl methyl sites for hydroxylation is 1. The summed E-state index contributed by atoms with van der Waals surface area (Å²) in [6.07, 6.45) is 2.69. The lowest BCUT2D eigenvalue weighted by molar-refractivity contribution is 0.131. The van der Waals surface area contributed by atoms with E-state index in [0.29, 0.717) is 0 Å². The molecule has 3 rings (SSSR count). The van der Waals surface area contributed by atoms with E-state index in [9.17, 15) is 0 Å². The van der Waals surface area contributed by atoms with Crippen LogP contribution in [-0.4, -0.2) is 55.6 Å². The van der Waals surface area contributed by atoms with Crippen molar-refractivity contribution in [3.63, 3.8) is 0 Å². The molecule has 0 saturated carbocycles. The predicted molar refractivity (Wildman–Crippen MR) is 98.9 cm³/mol. The minimum absolute atomic E-state index is 1.11. The van der Waals surface area contributed by atoms with Gasteiger partial charge in [0, 0.05) is 58.0 Å². The topological polar surface area (TPSA) is 9.72 Å². The fourth-order valence-corrected chi connectivity index (χ4v) is 3.90. The number of piperazine rings is 1. The zero-order valence-corrected chi connectivity index (χ0v) is 15.1. The summed E-state index contributed by atoms with van der Waals surface area (Å²) in [5.41, 5.74) is 4.39. The average molecular weight is 314 g/mol. The van der Waals surface area contributed by atoms with Crippen molar-refractivity contribution in [1.29, 1.82) is 0 Å². The Kier molecular flexibility index (Phi) is 5.60. The highest BCUT2D eigenvalue weighted by molar-refractivity contribution is 5.55. The highest BCUT2D eigenvalue weighted by Gasteiger charge is 2.21. The van der Waals surface area contributed by atoms with Gasteiger partial charge in [0.1, 0.15) is 0 Å². The van der Waals surface area contributed by atoms with Gasteiger partial charge in [0.15, 0.2) is 0 Å². The molecule has 2 aliphatic rings. The summed E-state index contributed by atoms with van der Waals surface area (Å²) in [6.45, 7) is 16.2. The molecule has 2 saturated heterocycles. The molecule has 0 aromatic heterocycles. The van der Waals surface area contributed by atoms with Crippen molar-refractivity contribution in [2.24, 2.45) is 0 Å². The van der Waals surface area contributed by atoms with Crippen LogP contribution in [0, 0.1) is 12.8 Å². The molecule has 2 fully saturated rings. The summed E-state index contributed by atoms with van der Waals surface area (Å²) in [5.74, 6) is 1.52. The smallest absolute Gasteiger partial charge is 0.0412 e. The van der Waals surface area contributed by atoms with Gasteiger partial charge in [0.05, 0.1) is 0 Å². The highest BCUT2D eigenvalue weighted by Crippen LogP contribution is 2.27. The van der Waals surface area contributed by atoms with Crippen LogP contribution in [0.1, 0.15) is 37.8 Å². The first-order valence-corrected chi connectivity index (χ1v) is 9.20. The Morgan fingerprint density at radius 1 is 0.913 bits per heavy atom. The van der Waals surface area contributed by atoms with Gasteiger partial charge < -0.3 is 9.80 Å². The van der Waals surface area contributed by atoms with Crippen molar-refractivity contribution in [3.05, 3.63) is 35.2 Å². The number of rotatable bonds is 5. The maximum atomic E-state index is 2.63. The second kappa shape index (κ2) is 7.67. The van der Waals surface area contributed by atoms with Crippen LogP contribution in [0.5, 0.6) is 0 Å². The van der Waals surface area contributed by atoms with E-state index in [1.807, 2.05) is 0 Å². The Labute approximate surface area is 142 Å². The van der Waals surface area contributed by atoms with Crippen molar-refractivity contribution in [2.75, 3.05) is 50.7 Å². The third kappa shape index (κ3) is 4.48. The number of hydrogen-bond donors (Lipinski definition) is 0. The van der Waals surface area contributed by atoms with Gasteiger partial charge in [-0.05, 0) is 37.3 Å². The van der Waals surface area contributed by atoms with Crippen LogP contribution in [0.25, 0.3) is 0 Å². The van der Waals surface area contributed by atoms with Gasteiger partial charge in [-0.25, -0.2) is 0 Å². The quantitative estimate of drug-likeness (QED) is 0.825. The summed E-state index contributed by atoms with van der Waals surface area (Å²) < 4.78 is 0. The Morgan fingerprint density at radius 3 is 2.22 bits per heavy atom. The van der Waals surface area contributed by atoms with E-state index < -0.39 is 0 Å². The number of benzene rings is 1. The molecule has 0 unspecified atom stereocenters. The molecule has 127 valence electrons. The first-order valence-electron chi connectivity index (χ1n) is 9.20. The van der Waals surface area contributed by atoms with Gasteiger partial charge in [-0.1, -0.05) is 31.5 Å². The van der Waals surface area contributed by atoms with Crippen molar-refractivity contribution in [1.82, 2.24) is 9.80 Å². The Hall–Kier alpha value is -1.06. The van der Waals surface area contributed by atoms with Crippen molar-refractivity contribution < 1.29 is 0 Å². The molecule has 0 aliphatic carbocycles. The van der Waals surface area contributed by atoms with E-state index in [1.54, 1.807) is 0 Å². The summed E-state index contributed by atoms with van der Waals surface area (Å²) >= 11 is 0. The predicted octanol–water partition coefficient (Wildman–Crippen LogP) is 3.33. The maximum Gasteiger partial charge on any atom is 0.0412 e. The largest absolute Gasteiger partial charge is 0.371 e. The van der Waals surface area contributed by atoms with Gasteiger partial charge in [-0.15, -0.1) is 0 Å². The molecule has 1 aromatic carbocycles. The van der Waals surface area contributed by atoms with Crippen LogP contribution in [0.3, 0.4) is 0 Å². The summed E-state index contributed by atoms with van der Waals surface area (Å²) in [7, 11) is 0. The van der Waals surface area contributed by atoms with Crippen molar-refractivity contribution >= 4 is 5.69 Å². The molecular formula is C20H32N3. The summed E-state index contributed by atoms with van der Waals surface area (Å²) in [6, 6.07) is 7.03. The van der Waals surface area contributed by atoms with Crippen LogP contribution in [0.15, 0.2) is 18.2 Å². The van der Waals surface area contributed by atoms with Crippen molar-refractivity contribution in [3.8, 4) is 0 Å². The van der Waals surface area contributed by atoms with Crippen LogP contribution in [-0.2, 0) is 6.54 Å². The van der Waals surface area contributed by atoms with Gasteiger partial charge in [-0.2, -0.15) is 0 Å². The van der Waals surface area contributed by atoms with Crippen LogP contribution < -0.4 is 4.90 Å². The average Bonchev–Trinajstić information content (AvgIpc) is 3.03. The number of nitrogens with zero attached hydrogens (tertiary/aromatic N) is 3. The monoisotopic (exact) mass is 314 g/mol. The first kappa shape index (κ1) is 16.8. The van der Waals surface area contributed by atoms with E-state index in [4.69, 9.17) is 0 Å². The van der Waals surface area contributed by atoms with E-state index in [2.05, 4.69) is 53.7 Å². The molecule has 1 aromatic rings. The van der Waals surface area contributed by atoms with E-state index in [0.717, 1.165) is 13.1 Å². The van der Waals surface area contributed by atoms with Crippen LogP contribution in [0.2, 0.25) is 0 Å². The second-order valence-corrected chi connectivity index (χ2v) is 7.59. The van der Waals surface area contributed by atoms with E-state index >= 15 is 0 Å². The maximum absolute atomic E-state index is 2.63. The molecule has 2 heterocycles. The molecule has 0 N–H and O–H groups in total. The Morgan fingerprint density at radius 2 is 1.57 bits per heavy atom. The highest BCUT2D eigenvalue weighted by atomic mass is 15.3. The molecule has 2 aliphatic heterocycles. The van der Waals surface area contributed by atoms with Gasteiger partial charge in [0.2, 0.25) is 0 Å². The summed E-state index contributed by atoms with van der Waals surface area (Å²) in [5, 5.41) is 0. The lowest BCUT2D eigenvalue weighted by Crippen LogP contribution is -2.46. The van der Waals surface area contributed by atoms with Gasteiger partial charge >= 0.3 is 0 Å². The minimum atomic E-state index is 1.11. The first-order chi connectivity index (χ1) is 11.1. The van der Waals surface area contributed by atoms with Crippen molar-refractivity contribution in [2.45, 2.75) is 40.2 Å². The van der Waals surface area contributed by atoms with Crippen LogP contribution in [0.4, 0.5) is 5.69 Å². The summed E-state index contributed by atoms with van der Waals surface area (Å²) in [4.78, 5) is 7.81. The molecule has 1 radical (unpaired) electrons. The fraction of sp³-hybridized carbons (Fsp3) is 0.650. The molecule has 3 heteroatoms. The third-order valence-electron chi connectivity index (χ3n) is 5.08. The lowest BCUT2D eigenvalue weighted by Gasteiger charge is -2.36. The van der Waals surface area contributed by atoms with E-state index in [-0.39, 0.29) is 0 Å². The van der Waals surface area contributed by atoms with Gasteiger partial charge in [0.25, 0.3) is 0 Å². The molecule has 0 amide bonds.